The number of likely N-dealkylation sites (tertiary alicyclic amines) is 1. The lowest BCUT2D eigenvalue weighted by Gasteiger charge is -2.20. The predicted octanol–water partition coefficient (Wildman–Crippen LogP) is 1.84. The number of nitrogens with zero attached hydrogens (tertiary/aromatic N) is 3. The summed E-state index contributed by atoms with van der Waals surface area (Å²) in [5, 5.41) is 3.17. The van der Waals surface area contributed by atoms with Crippen molar-refractivity contribution in [3.63, 3.8) is 0 Å². The fraction of sp³-hybridized carbons (Fsp3) is 0.588. The van der Waals surface area contributed by atoms with Crippen LogP contribution in [-0.2, 0) is 4.79 Å². The van der Waals surface area contributed by atoms with Gasteiger partial charge in [-0.3, -0.25) is 14.7 Å². The van der Waals surface area contributed by atoms with Gasteiger partial charge < -0.3 is 4.90 Å². The Morgan fingerprint density at radius 1 is 1.26 bits per heavy atom. The summed E-state index contributed by atoms with van der Waals surface area (Å²) in [4.78, 5) is 30.9. The fourth-order valence-electron chi connectivity index (χ4n) is 3.98. The largest absolute Gasteiger partial charge is 0.342 e. The molecule has 3 heterocycles. The highest BCUT2D eigenvalue weighted by Gasteiger charge is 2.33. The zero-order valence-electron chi connectivity index (χ0n) is 13.4. The van der Waals surface area contributed by atoms with Crippen molar-refractivity contribution in [3.05, 3.63) is 33.9 Å². The number of amides is 1. The molecule has 0 aromatic carbocycles. The summed E-state index contributed by atoms with van der Waals surface area (Å²) >= 11 is 0. The van der Waals surface area contributed by atoms with E-state index in [0.29, 0.717) is 11.6 Å². The number of H-pyrrole nitrogens is 1. The Hall–Kier alpha value is -2.11. The third-order valence-corrected chi connectivity index (χ3v) is 5.24. The van der Waals surface area contributed by atoms with E-state index in [2.05, 4.69) is 10.1 Å². The van der Waals surface area contributed by atoms with Crippen LogP contribution in [-0.4, -0.2) is 38.5 Å². The van der Waals surface area contributed by atoms with Gasteiger partial charge in [0, 0.05) is 48.4 Å². The average molecular weight is 314 g/mol. The van der Waals surface area contributed by atoms with Gasteiger partial charge in [0.25, 0.3) is 5.56 Å². The minimum atomic E-state index is -0.0874. The first-order valence-electron chi connectivity index (χ1n) is 8.50. The molecule has 1 atom stereocenters. The van der Waals surface area contributed by atoms with Gasteiger partial charge in [-0.25, -0.2) is 9.50 Å². The Labute approximate surface area is 134 Å². The SMILES string of the molecule is Cc1cc(=O)n2[nH]c(C3CCN(C(=O)C4CCCC4)C3)cc2n1. The average Bonchev–Trinajstić information content (AvgIpc) is 3.25. The Morgan fingerprint density at radius 3 is 2.83 bits per heavy atom. The van der Waals surface area contributed by atoms with Gasteiger partial charge in [-0.2, -0.15) is 0 Å². The molecule has 1 saturated heterocycles. The second kappa shape index (κ2) is 5.51. The lowest BCUT2D eigenvalue weighted by atomic mass is 10.1. The molecule has 2 fully saturated rings. The van der Waals surface area contributed by atoms with Crippen molar-refractivity contribution in [1.82, 2.24) is 19.5 Å². The standard InChI is InChI=1S/C17H22N4O2/c1-11-8-16(22)21-15(18-11)9-14(19-21)13-6-7-20(10-13)17(23)12-4-2-3-5-12/h8-9,12-13,19H,2-7,10H2,1H3. The number of hydrogen-bond acceptors (Lipinski definition) is 3. The molecule has 0 spiro atoms. The number of fused-ring (bicyclic) bond motifs is 1. The maximum absolute atomic E-state index is 12.5. The molecule has 1 N–H and O–H groups in total. The summed E-state index contributed by atoms with van der Waals surface area (Å²) < 4.78 is 1.49. The van der Waals surface area contributed by atoms with Crippen LogP contribution in [0.4, 0.5) is 0 Å². The van der Waals surface area contributed by atoms with Crippen molar-refractivity contribution in [3.8, 4) is 0 Å². The first kappa shape index (κ1) is 14.5. The molecule has 2 aliphatic rings. The van der Waals surface area contributed by atoms with E-state index in [1.807, 2.05) is 17.9 Å². The monoisotopic (exact) mass is 314 g/mol. The van der Waals surface area contributed by atoms with Gasteiger partial charge in [-0.15, -0.1) is 0 Å². The summed E-state index contributed by atoms with van der Waals surface area (Å²) in [6.45, 7) is 3.39. The molecule has 1 saturated carbocycles. The Balaban J connectivity index is 1.54. The van der Waals surface area contributed by atoms with E-state index in [1.165, 1.54) is 23.4 Å². The molecule has 1 aliphatic heterocycles. The fourth-order valence-corrected chi connectivity index (χ4v) is 3.98. The topological polar surface area (TPSA) is 70.5 Å². The molecule has 2 aromatic rings. The molecule has 1 amide bonds. The summed E-state index contributed by atoms with van der Waals surface area (Å²) in [6, 6.07) is 3.47. The number of nitrogens with one attached hydrogen (secondary N) is 1. The van der Waals surface area contributed by atoms with Crippen LogP contribution in [0.5, 0.6) is 0 Å². The van der Waals surface area contributed by atoms with Crippen LogP contribution in [0.3, 0.4) is 0 Å². The molecular formula is C17H22N4O2. The van der Waals surface area contributed by atoms with Gasteiger partial charge in [0.05, 0.1) is 0 Å². The van der Waals surface area contributed by atoms with Crippen molar-refractivity contribution in [2.75, 3.05) is 13.1 Å². The number of aromatic nitrogens is 3. The van der Waals surface area contributed by atoms with Gasteiger partial charge in [0.1, 0.15) is 0 Å². The molecule has 4 rings (SSSR count). The highest BCUT2D eigenvalue weighted by Crippen LogP contribution is 2.31. The van der Waals surface area contributed by atoms with Gasteiger partial charge in [-0.1, -0.05) is 12.8 Å². The number of carbonyl (C=O) groups excluding carboxylic acids is 1. The van der Waals surface area contributed by atoms with E-state index in [9.17, 15) is 9.59 Å². The highest BCUT2D eigenvalue weighted by molar-refractivity contribution is 5.79. The Kier molecular flexibility index (Phi) is 3.47. The van der Waals surface area contributed by atoms with Crippen LogP contribution in [0.2, 0.25) is 0 Å². The molecule has 1 unspecified atom stereocenters. The zero-order chi connectivity index (χ0) is 16.0. The van der Waals surface area contributed by atoms with Gasteiger partial charge >= 0.3 is 0 Å². The second-order valence-corrected chi connectivity index (χ2v) is 6.89. The lowest BCUT2D eigenvalue weighted by Crippen LogP contribution is -2.33. The smallest absolute Gasteiger partial charge is 0.272 e. The van der Waals surface area contributed by atoms with Crippen molar-refractivity contribution in [1.29, 1.82) is 0 Å². The number of hydrogen-bond donors (Lipinski definition) is 1. The first-order chi connectivity index (χ1) is 11.1. The highest BCUT2D eigenvalue weighted by atomic mass is 16.2. The summed E-state index contributed by atoms with van der Waals surface area (Å²) in [5.74, 6) is 0.831. The van der Waals surface area contributed by atoms with Crippen LogP contribution in [0.25, 0.3) is 5.65 Å². The molecule has 23 heavy (non-hydrogen) atoms. The van der Waals surface area contributed by atoms with E-state index in [0.717, 1.165) is 43.7 Å². The van der Waals surface area contributed by atoms with Gasteiger partial charge in [-0.05, 0) is 26.2 Å². The molecule has 122 valence electrons. The third kappa shape index (κ3) is 2.56. The molecule has 2 aromatic heterocycles. The van der Waals surface area contributed by atoms with Crippen LogP contribution in [0, 0.1) is 12.8 Å². The Bertz CT molecular complexity index is 801. The third-order valence-electron chi connectivity index (χ3n) is 5.24. The van der Waals surface area contributed by atoms with Crippen LogP contribution >= 0.6 is 0 Å². The van der Waals surface area contributed by atoms with E-state index in [4.69, 9.17) is 0 Å². The molecule has 0 bridgehead atoms. The number of rotatable bonds is 2. The molecule has 6 nitrogen and oxygen atoms in total. The Morgan fingerprint density at radius 2 is 2.04 bits per heavy atom. The van der Waals surface area contributed by atoms with Crippen molar-refractivity contribution in [2.24, 2.45) is 5.92 Å². The molecular weight excluding hydrogens is 292 g/mol. The van der Waals surface area contributed by atoms with Crippen LogP contribution in [0.1, 0.15) is 49.4 Å². The number of aryl methyl sites for hydroxylation is 1. The van der Waals surface area contributed by atoms with E-state index in [-0.39, 0.29) is 17.4 Å². The molecule has 1 aliphatic carbocycles. The second-order valence-electron chi connectivity index (χ2n) is 6.89. The minimum absolute atomic E-state index is 0.0874. The van der Waals surface area contributed by atoms with Gasteiger partial charge in [0.2, 0.25) is 5.91 Å². The van der Waals surface area contributed by atoms with E-state index in [1.54, 1.807) is 0 Å². The molecule has 0 radical (unpaired) electrons. The number of aromatic amines is 1. The molecule has 6 heteroatoms. The first-order valence-corrected chi connectivity index (χ1v) is 8.50. The van der Waals surface area contributed by atoms with Crippen LogP contribution < -0.4 is 5.56 Å². The van der Waals surface area contributed by atoms with E-state index < -0.39 is 0 Å². The summed E-state index contributed by atoms with van der Waals surface area (Å²) in [7, 11) is 0. The van der Waals surface area contributed by atoms with Gasteiger partial charge in [0.15, 0.2) is 5.65 Å². The van der Waals surface area contributed by atoms with Crippen molar-refractivity contribution >= 4 is 11.6 Å². The normalized spacial score (nSPS) is 22.3. The number of carbonyl (C=O) groups is 1. The predicted molar refractivity (Wildman–Crippen MR) is 86.4 cm³/mol. The van der Waals surface area contributed by atoms with Crippen molar-refractivity contribution in [2.45, 2.75) is 44.9 Å². The summed E-state index contributed by atoms with van der Waals surface area (Å²) in [5.41, 5.74) is 2.30. The zero-order valence-corrected chi connectivity index (χ0v) is 13.4. The van der Waals surface area contributed by atoms with Crippen LogP contribution in [0.15, 0.2) is 16.9 Å². The maximum atomic E-state index is 12.5. The van der Waals surface area contributed by atoms with E-state index >= 15 is 0 Å². The quantitative estimate of drug-likeness (QED) is 0.919. The lowest BCUT2D eigenvalue weighted by molar-refractivity contribution is -0.134. The maximum Gasteiger partial charge on any atom is 0.272 e. The van der Waals surface area contributed by atoms with Crippen molar-refractivity contribution < 1.29 is 4.79 Å². The summed E-state index contributed by atoms with van der Waals surface area (Å²) in [6.07, 6.45) is 5.40. The minimum Gasteiger partial charge on any atom is -0.342 e.